The lowest BCUT2D eigenvalue weighted by atomic mass is 10.1. The smallest absolute Gasteiger partial charge is 0.307 e. The van der Waals surface area contributed by atoms with Crippen LogP contribution in [0.25, 0.3) is 0 Å². The first kappa shape index (κ1) is 21.4. The molecule has 0 saturated carbocycles. The Hall–Kier alpha value is -1.35. The molecule has 1 aromatic heterocycles. The third-order valence-corrected chi connectivity index (χ3v) is 6.64. The highest BCUT2D eigenvalue weighted by Crippen LogP contribution is 2.30. The third-order valence-electron chi connectivity index (χ3n) is 4.80. The number of piperazine rings is 1. The molecule has 0 bridgehead atoms. The van der Waals surface area contributed by atoms with Gasteiger partial charge in [0.1, 0.15) is 12.4 Å². The van der Waals surface area contributed by atoms with Crippen molar-refractivity contribution in [1.29, 1.82) is 0 Å². The van der Waals surface area contributed by atoms with Gasteiger partial charge in [0.25, 0.3) is 0 Å². The van der Waals surface area contributed by atoms with Gasteiger partial charge in [0.15, 0.2) is 5.13 Å². The Morgan fingerprint density at radius 2 is 2.11 bits per heavy atom. The molecule has 6 nitrogen and oxygen atoms in total. The van der Waals surface area contributed by atoms with Crippen molar-refractivity contribution in [2.75, 3.05) is 31.1 Å². The molecular formula is C19H23BrClN3O3S. The van der Waals surface area contributed by atoms with Crippen LogP contribution in [0, 0.1) is 0 Å². The summed E-state index contributed by atoms with van der Waals surface area (Å²) in [6.07, 6.45) is 1.80. The van der Waals surface area contributed by atoms with Gasteiger partial charge >= 0.3 is 5.97 Å². The number of carboxylic acid groups (broad SMARTS) is 1. The van der Waals surface area contributed by atoms with E-state index in [4.69, 9.17) is 21.4 Å². The fourth-order valence-electron chi connectivity index (χ4n) is 3.55. The molecule has 1 fully saturated rings. The van der Waals surface area contributed by atoms with Crippen molar-refractivity contribution in [3.05, 3.63) is 38.8 Å². The Morgan fingerprint density at radius 1 is 1.39 bits per heavy atom. The van der Waals surface area contributed by atoms with Crippen molar-refractivity contribution in [1.82, 2.24) is 9.88 Å². The number of thiazole rings is 1. The normalized spacial score (nSPS) is 20.4. The van der Waals surface area contributed by atoms with Gasteiger partial charge in [-0.2, -0.15) is 0 Å². The first-order valence-corrected chi connectivity index (χ1v) is 11.1. The number of ether oxygens (including phenoxy) is 1. The maximum absolute atomic E-state index is 10.9. The van der Waals surface area contributed by atoms with Crippen molar-refractivity contribution >= 4 is 50.0 Å². The number of hydrogen-bond donors (Lipinski definition) is 1. The van der Waals surface area contributed by atoms with Crippen LogP contribution < -0.4 is 9.64 Å². The zero-order chi connectivity index (χ0) is 20.3. The summed E-state index contributed by atoms with van der Waals surface area (Å²) >= 11 is 11.3. The molecule has 2 heterocycles. The molecule has 9 heteroatoms. The first-order valence-electron chi connectivity index (χ1n) is 9.08. The molecular weight excluding hydrogens is 466 g/mol. The van der Waals surface area contributed by atoms with Gasteiger partial charge in [-0.05, 0) is 47.5 Å². The van der Waals surface area contributed by atoms with Crippen molar-refractivity contribution in [3.8, 4) is 5.75 Å². The van der Waals surface area contributed by atoms with Gasteiger partial charge in [-0.1, -0.05) is 29.0 Å². The van der Waals surface area contributed by atoms with Crippen molar-refractivity contribution in [2.24, 2.45) is 0 Å². The summed E-state index contributed by atoms with van der Waals surface area (Å²) in [5.41, 5.74) is 0.678. The summed E-state index contributed by atoms with van der Waals surface area (Å²) in [6, 6.07) is 5.84. The number of carboxylic acids is 1. The molecule has 1 N–H and O–H groups in total. The summed E-state index contributed by atoms with van der Waals surface area (Å²) in [4.78, 5) is 20.1. The number of nitrogens with zero attached hydrogens (tertiary/aromatic N) is 3. The maximum atomic E-state index is 10.9. The van der Waals surface area contributed by atoms with E-state index >= 15 is 0 Å². The van der Waals surface area contributed by atoms with Crippen LogP contribution in [0.4, 0.5) is 5.13 Å². The van der Waals surface area contributed by atoms with Crippen molar-refractivity contribution in [3.63, 3.8) is 0 Å². The van der Waals surface area contributed by atoms with Gasteiger partial charge in [-0.3, -0.25) is 9.69 Å². The summed E-state index contributed by atoms with van der Waals surface area (Å²) in [6.45, 7) is 7.53. The van der Waals surface area contributed by atoms with Gasteiger partial charge in [0.2, 0.25) is 0 Å². The van der Waals surface area contributed by atoms with Gasteiger partial charge in [-0.25, -0.2) is 4.98 Å². The Morgan fingerprint density at radius 3 is 2.71 bits per heavy atom. The van der Waals surface area contributed by atoms with E-state index in [0.29, 0.717) is 35.0 Å². The van der Waals surface area contributed by atoms with Crippen LogP contribution in [0.5, 0.6) is 5.75 Å². The van der Waals surface area contributed by atoms with E-state index in [1.165, 1.54) is 0 Å². The third kappa shape index (κ3) is 5.37. The van der Waals surface area contributed by atoms with Crippen LogP contribution in [0.3, 0.4) is 0 Å². The highest BCUT2D eigenvalue weighted by molar-refractivity contribution is 9.11. The van der Waals surface area contributed by atoms with Gasteiger partial charge in [-0.15, -0.1) is 0 Å². The lowest BCUT2D eigenvalue weighted by Gasteiger charge is -2.44. The van der Waals surface area contributed by atoms with E-state index in [2.05, 4.69) is 44.6 Å². The Bertz CT molecular complexity index is 823. The maximum Gasteiger partial charge on any atom is 0.307 e. The predicted molar refractivity (Wildman–Crippen MR) is 116 cm³/mol. The summed E-state index contributed by atoms with van der Waals surface area (Å²) in [5.74, 6) is -0.340. The minimum Gasteiger partial charge on any atom is -0.491 e. The zero-order valence-electron chi connectivity index (χ0n) is 15.8. The van der Waals surface area contributed by atoms with Crippen LogP contribution in [0.1, 0.15) is 19.4 Å². The van der Waals surface area contributed by atoms with E-state index in [0.717, 1.165) is 28.6 Å². The van der Waals surface area contributed by atoms with E-state index < -0.39 is 5.97 Å². The molecule has 1 aliphatic heterocycles. The molecule has 0 aliphatic carbocycles. The molecule has 1 saturated heterocycles. The number of aromatic nitrogens is 1. The standard InChI is InChI=1S/C19H23BrClN3O3S/c1-12-10-23(19-22-9-17(20)28-19)11-13(2)24(12)5-6-27-16-7-14(8-18(25)26)3-4-15(16)21/h3-4,7,9,12-13H,5-6,8,10-11H2,1-2H3,(H,25,26)/t12-,13+. The fraction of sp³-hybridized carbons (Fsp3) is 0.474. The largest absolute Gasteiger partial charge is 0.491 e. The van der Waals surface area contributed by atoms with Crippen molar-refractivity contribution < 1.29 is 14.6 Å². The second-order valence-electron chi connectivity index (χ2n) is 6.97. The van der Waals surface area contributed by atoms with E-state index in [1.54, 1.807) is 29.5 Å². The minimum atomic E-state index is -0.874. The SMILES string of the molecule is C[C@@H]1CN(c2ncc(Br)s2)C[C@H](C)N1CCOc1cc(CC(=O)O)ccc1Cl. The molecule has 0 amide bonds. The second kappa shape index (κ2) is 9.43. The Labute approximate surface area is 182 Å². The second-order valence-corrected chi connectivity index (χ2v) is 9.77. The average Bonchev–Trinajstić information content (AvgIpc) is 3.05. The van der Waals surface area contributed by atoms with E-state index in [-0.39, 0.29) is 6.42 Å². The topological polar surface area (TPSA) is 65.9 Å². The predicted octanol–water partition coefficient (Wildman–Crippen LogP) is 4.16. The summed E-state index contributed by atoms with van der Waals surface area (Å²) < 4.78 is 6.92. The van der Waals surface area contributed by atoms with Crippen LogP contribution in [0.15, 0.2) is 28.2 Å². The quantitative estimate of drug-likeness (QED) is 0.631. The number of anilines is 1. The molecule has 1 aliphatic rings. The highest BCUT2D eigenvalue weighted by Gasteiger charge is 2.30. The van der Waals surface area contributed by atoms with Crippen LogP contribution in [0.2, 0.25) is 5.02 Å². The molecule has 2 aromatic rings. The fourth-order valence-corrected chi connectivity index (χ4v) is 4.92. The molecule has 1 aromatic carbocycles. The van der Waals surface area contributed by atoms with Crippen molar-refractivity contribution in [2.45, 2.75) is 32.4 Å². The Kier molecular flexibility index (Phi) is 7.20. The van der Waals surface area contributed by atoms with Crippen LogP contribution >= 0.6 is 38.9 Å². The molecule has 28 heavy (non-hydrogen) atoms. The summed E-state index contributed by atoms with van der Waals surface area (Å²) in [5, 5.41) is 10.5. The number of rotatable bonds is 7. The van der Waals surface area contributed by atoms with E-state index in [1.807, 2.05) is 6.20 Å². The number of carbonyl (C=O) groups is 1. The minimum absolute atomic E-state index is 0.0452. The lowest BCUT2D eigenvalue weighted by molar-refractivity contribution is -0.136. The number of benzene rings is 1. The lowest BCUT2D eigenvalue weighted by Crippen LogP contribution is -2.57. The number of hydrogen-bond acceptors (Lipinski definition) is 6. The molecule has 0 radical (unpaired) electrons. The molecule has 0 unspecified atom stereocenters. The van der Waals surface area contributed by atoms with Crippen LogP contribution in [-0.2, 0) is 11.2 Å². The van der Waals surface area contributed by atoms with Gasteiger partial charge < -0.3 is 14.7 Å². The van der Waals surface area contributed by atoms with Gasteiger partial charge in [0, 0.05) is 31.7 Å². The molecule has 3 rings (SSSR count). The van der Waals surface area contributed by atoms with E-state index in [9.17, 15) is 4.79 Å². The Balaban J connectivity index is 1.56. The first-order chi connectivity index (χ1) is 13.3. The monoisotopic (exact) mass is 487 g/mol. The number of halogens is 2. The highest BCUT2D eigenvalue weighted by atomic mass is 79.9. The molecule has 152 valence electrons. The summed E-state index contributed by atoms with van der Waals surface area (Å²) in [7, 11) is 0. The molecule has 0 spiro atoms. The average molecular weight is 489 g/mol. The zero-order valence-corrected chi connectivity index (χ0v) is 18.9. The number of aliphatic carboxylic acids is 1. The van der Waals surface area contributed by atoms with Crippen LogP contribution in [-0.4, -0.2) is 59.3 Å². The molecule has 2 atom stereocenters. The van der Waals surface area contributed by atoms with Gasteiger partial charge in [0.05, 0.1) is 21.4 Å².